The highest BCUT2D eigenvalue weighted by Crippen LogP contribution is 2.28. The van der Waals surface area contributed by atoms with Crippen LogP contribution in [0.4, 0.5) is 5.69 Å². The molecule has 1 fully saturated rings. The van der Waals surface area contributed by atoms with Crippen LogP contribution in [0.2, 0.25) is 0 Å². The van der Waals surface area contributed by atoms with Crippen molar-refractivity contribution in [3.63, 3.8) is 0 Å². The van der Waals surface area contributed by atoms with Gasteiger partial charge in [-0.05, 0) is 43.3 Å². The molecule has 154 valence electrons. The molecule has 7 nitrogen and oxygen atoms in total. The Balaban J connectivity index is 1.47. The first-order valence-corrected chi connectivity index (χ1v) is 9.79. The number of rotatable bonds is 7. The van der Waals surface area contributed by atoms with Crippen LogP contribution in [0, 0.1) is 0 Å². The van der Waals surface area contributed by atoms with Crippen molar-refractivity contribution in [1.29, 1.82) is 0 Å². The number of amides is 2. The van der Waals surface area contributed by atoms with E-state index in [0.717, 1.165) is 24.5 Å². The van der Waals surface area contributed by atoms with Crippen molar-refractivity contribution in [3.8, 4) is 11.5 Å². The fourth-order valence-electron chi connectivity index (χ4n) is 3.33. The molecule has 0 spiro atoms. The molecule has 0 unspecified atom stereocenters. The number of nitrogens with zero attached hydrogens (tertiary/aromatic N) is 2. The van der Waals surface area contributed by atoms with E-state index in [1.54, 1.807) is 36.3 Å². The molecule has 0 aliphatic carbocycles. The van der Waals surface area contributed by atoms with Crippen molar-refractivity contribution in [2.45, 2.75) is 6.92 Å². The number of ether oxygens (including phenoxy) is 2. The van der Waals surface area contributed by atoms with Crippen LogP contribution in [0.1, 0.15) is 17.3 Å². The van der Waals surface area contributed by atoms with Gasteiger partial charge in [-0.1, -0.05) is 12.1 Å². The van der Waals surface area contributed by atoms with Gasteiger partial charge in [-0.15, -0.1) is 0 Å². The fourth-order valence-corrected chi connectivity index (χ4v) is 3.33. The van der Waals surface area contributed by atoms with Crippen LogP contribution in [-0.4, -0.2) is 63.2 Å². The summed E-state index contributed by atoms with van der Waals surface area (Å²) in [6.45, 7) is 5.12. The molecule has 0 aromatic heterocycles. The first kappa shape index (κ1) is 20.5. The number of methoxy groups -OCH3 is 1. The molecule has 1 aliphatic heterocycles. The third-order valence-electron chi connectivity index (χ3n) is 4.89. The first-order valence-electron chi connectivity index (χ1n) is 9.79. The number of hydrogen-bond acceptors (Lipinski definition) is 5. The van der Waals surface area contributed by atoms with Gasteiger partial charge in [0.15, 0.2) is 0 Å². The van der Waals surface area contributed by atoms with Crippen LogP contribution in [0.5, 0.6) is 11.5 Å². The highest BCUT2D eigenvalue weighted by molar-refractivity contribution is 5.96. The summed E-state index contributed by atoms with van der Waals surface area (Å²) >= 11 is 0. The van der Waals surface area contributed by atoms with E-state index < -0.39 is 0 Å². The van der Waals surface area contributed by atoms with E-state index in [4.69, 9.17) is 9.47 Å². The van der Waals surface area contributed by atoms with Crippen LogP contribution < -0.4 is 19.7 Å². The minimum atomic E-state index is -0.269. The molecule has 2 aromatic carbocycles. The number of nitrogens with one attached hydrogen (secondary N) is 1. The molecule has 0 atom stereocenters. The molecule has 1 N–H and O–H groups in total. The zero-order valence-electron chi connectivity index (χ0n) is 16.9. The zero-order valence-corrected chi connectivity index (χ0v) is 16.9. The van der Waals surface area contributed by atoms with Gasteiger partial charge in [0.25, 0.3) is 5.91 Å². The van der Waals surface area contributed by atoms with Gasteiger partial charge >= 0.3 is 0 Å². The molecule has 3 rings (SSSR count). The maximum atomic E-state index is 12.5. The Bertz CT molecular complexity index is 830. The highest BCUT2D eigenvalue weighted by Gasteiger charge is 2.23. The molecule has 2 aromatic rings. The second-order valence-corrected chi connectivity index (χ2v) is 6.68. The van der Waals surface area contributed by atoms with Gasteiger partial charge in [0.1, 0.15) is 11.5 Å². The standard InChI is InChI=1S/C22H27N3O4/c1-3-29-18-10-8-17(9-11-18)22(27)23-16-21(26)25-14-12-24(13-15-25)19-6-4-5-7-20(19)28-2/h4-11H,3,12-16H2,1-2H3,(H,23,27). The SMILES string of the molecule is CCOc1ccc(C(=O)NCC(=O)N2CCN(c3ccccc3OC)CC2)cc1. The Morgan fingerprint density at radius 1 is 1.00 bits per heavy atom. The summed E-state index contributed by atoms with van der Waals surface area (Å²) in [6, 6.07) is 14.7. The van der Waals surface area contributed by atoms with Crippen molar-refractivity contribution in [2.75, 3.05) is 51.3 Å². The molecular formula is C22H27N3O4. The van der Waals surface area contributed by atoms with Gasteiger partial charge in [-0.25, -0.2) is 0 Å². The Hall–Kier alpha value is -3.22. The van der Waals surface area contributed by atoms with Gasteiger partial charge in [-0.3, -0.25) is 9.59 Å². The Labute approximate surface area is 171 Å². The van der Waals surface area contributed by atoms with E-state index in [1.807, 2.05) is 31.2 Å². The van der Waals surface area contributed by atoms with E-state index in [0.29, 0.717) is 31.0 Å². The summed E-state index contributed by atoms with van der Waals surface area (Å²) in [7, 11) is 1.66. The largest absolute Gasteiger partial charge is 0.495 e. The predicted octanol–water partition coefficient (Wildman–Crippen LogP) is 2.17. The van der Waals surface area contributed by atoms with Gasteiger partial charge in [0.2, 0.25) is 5.91 Å². The third kappa shape index (κ3) is 5.19. The Kier molecular flexibility index (Phi) is 6.94. The highest BCUT2D eigenvalue weighted by atomic mass is 16.5. The number of anilines is 1. The number of benzene rings is 2. The summed E-state index contributed by atoms with van der Waals surface area (Å²) in [5.41, 5.74) is 1.54. The van der Waals surface area contributed by atoms with Crippen molar-refractivity contribution < 1.29 is 19.1 Å². The van der Waals surface area contributed by atoms with Gasteiger partial charge in [0.05, 0.1) is 25.9 Å². The average molecular weight is 397 g/mol. The average Bonchev–Trinajstić information content (AvgIpc) is 2.78. The Morgan fingerprint density at radius 2 is 1.69 bits per heavy atom. The van der Waals surface area contributed by atoms with Crippen LogP contribution in [0.25, 0.3) is 0 Å². The quantitative estimate of drug-likeness (QED) is 0.775. The molecule has 1 heterocycles. The number of piperazine rings is 1. The van der Waals surface area contributed by atoms with Crippen molar-refractivity contribution in [2.24, 2.45) is 0 Å². The molecule has 7 heteroatoms. The van der Waals surface area contributed by atoms with Gasteiger partial charge in [0, 0.05) is 31.7 Å². The second kappa shape index (κ2) is 9.82. The number of para-hydroxylation sites is 2. The van der Waals surface area contributed by atoms with E-state index >= 15 is 0 Å². The molecule has 0 saturated carbocycles. The molecule has 0 radical (unpaired) electrons. The summed E-state index contributed by atoms with van der Waals surface area (Å²) < 4.78 is 10.8. The lowest BCUT2D eigenvalue weighted by Crippen LogP contribution is -2.51. The zero-order chi connectivity index (χ0) is 20.6. The fraction of sp³-hybridized carbons (Fsp3) is 0.364. The summed E-state index contributed by atoms with van der Waals surface area (Å²) in [4.78, 5) is 28.7. The molecular weight excluding hydrogens is 370 g/mol. The number of hydrogen-bond donors (Lipinski definition) is 1. The lowest BCUT2D eigenvalue weighted by atomic mass is 10.2. The molecule has 0 bridgehead atoms. The van der Waals surface area contributed by atoms with Gasteiger partial charge in [-0.2, -0.15) is 0 Å². The number of carbonyl (C=O) groups is 2. The van der Waals surface area contributed by atoms with E-state index in [1.165, 1.54) is 0 Å². The second-order valence-electron chi connectivity index (χ2n) is 6.68. The third-order valence-corrected chi connectivity index (χ3v) is 4.89. The lowest BCUT2D eigenvalue weighted by molar-refractivity contribution is -0.130. The van der Waals surface area contributed by atoms with Crippen LogP contribution in [0.3, 0.4) is 0 Å². The van der Waals surface area contributed by atoms with Crippen LogP contribution >= 0.6 is 0 Å². The normalized spacial score (nSPS) is 13.7. The van der Waals surface area contributed by atoms with E-state index in [-0.39, 0.29) is 18.4 Å². The van der Waals surface area contributed by atoms with Crippen LogP contribution in [0.15, 0.2) is 48.5 Å². The molecule has 2 amide bonds. The van der Waals surface area contributed by atoms with E-state index in [9.17, 15) is 9.59 Å². The van der Waals surface area contributed by atoms with Crippen molar-refractivity contribution in [3.05, 3.63) is 54.1 Å². The predicted molar refractivity (Wildman–Crippen MR) is 112 cm³/mol. The molecule has 1 saturated heterocycles. The maximum Gasteiger partial charge on any atom is 0.251 e. The summed E-state index contributed by atoms with van der Waals surface area (Å²) in [6.07, 6.45) is 0. The summed E-state index contributed by atoms with van der Waals surface area (Å²) in [5, 5.41) is 2.70. The van der Waals surface area contributed by atoms with Crippen molar-refractivity contribution in [1.82, 2.24) is 10.2 Å². The van der Waals surface area contributed by atoms with Gasteiger partial charge < -0.3 is 24.6 Å². The topological polar surface area (TPSA) is 71.1 Å². The maximum absolute atomic E-state index is 12.5. The summed E-state index contributed by atoms with van der Waals surface area (Å²) in [5.74, 6) is 1.20. The lowest BCUT2D eigenvalue weighted by Gasteiger charge is -2.36. The number of carbonyl (C=O) groups excluding carboxylic acids is 2. The monoisotopic (exact) mass is 397 g/mol. The smallest absolute Gasteiger partial charge is 0.251 e. The minimum Gasteiger partial charge on any atom is -0.495 e. The molecule has 1 aliphatic rings. The van der Waals surface area contributed by atoms with E-state index in [2.05, 4.69) is 10.2 Å². The first-order chi connectivity index (χ1) is 14.1. The molecule has 29 heavy (non-hydrogen) atoms. The van der Waals surface area contributed by atoms with Crippen LogP contribution in [-0.2, 0) is 4.79 Å². The minimum absolute atomic E-state index is 0.0132. The van der Waals surface area contributed by atoms with Crippen molar-refractivity contribution >= 4 is 17.5 Å². The Morgan fingerprint density at radius 3 is 2.34 bits per heavy atom.